The normalized spacial score (nSPS) is 15.7. The number of hydrogen-bond donors (Lipinski definition) is 1. The second-order valence-electron chi connectivity index (χ2n) is 4.74. The van der Waals surface area contributed by atoms with E-state index in [1.165, 1.54) is 31.4 Å². The Balaban J connectivity index is 2.00. The van der Waals surface area contributed by atoms with E-state index in [1.54, 1.807) is 0 Å². The largest absolute Gasteiger partial charge is 0.467 e. The lowest BCUT2D eigenvalue weighted by Gasteiger charge is -2.16. The molecule has 1 aliphatic carbocycles. The van der Waals surface area contributed by atoms with Crippen LogP contribution in [0.1, 0.15) is 29.6 Å². The van der Waals surface area contributed by atoms with Gasteiger partial charge >= 0.3 is 5.97 Å². The lowest BCUT2D eigenvalue weighted by molar-refractivity contribution is -0.143. The molecule has 1 saturated carbocycles. The molecule has 0 spiro atoms. The average molecular weight is 265 g/mol. The van der Waals surface area contributed by atoms with Crippen LogP contribution in [0.5, 0.6) is 0 Å². The Morgan fingerprint density at radius 1 is 1.37 bits per heavy atom. The highest BCUT2D eigenvalue weighted by Crippen LogP contribution is 2.33. The summed E-state index contributed by atoms with van der Waals surface area (Å²) in [6.07, 6.45) is 2.76. The van der Waals surface area contributed by atoms with Crippen molar-refractivity contribution in [2.75, 3.05) is 7.11 Å². The van der Waals surface area contributed by atoms with Crippen molar-refractivity contribution >= 4 is 11.9 Å². The van der Waals surface area contributed by atoms with Gasteiger partial charge < -0.3 is 10.1 Å². The number of hydrogen-bond acceptors (Lipinski definition) is 3. The number of benzene rings is 1. The zero-order valence-corrected chi connectivity index (χ0v) is 10.7. The number of rotatable bonds is 5. The fourth-order valence-electron chi connectivity index (χ4n) is 1.89. The summed E-state index contributed by atoms with van der Waals surface area (Å²) in [5.41, 5.74) is 0.325. The van der Waals surface area contributed by atoms with Crippen molar-refractivity contribution in [3.8, 4) is 0 Å². The SMILES string of the molecule is COC(=O)[C@@H](CC1CC1)NC(=O)c1ccc(F)cc1. The van der Waals surface area contributed by atoms with Crippen molar-refractivity contribution in [2.24, 2.45) is 5.92 Å². The highest BCUT2D eigenvalue weighted by molar-refractivity contribution is 5.96. The minimum atomic E-state index is -0.630. The number of carbonyl (C=O) groups excluding carboxylic acids is 2. The first-order chi connectivity index (χ1) is 9.10. The van der Waals surface area contributed by atoms with Crippen LogP contribution in [0, 0.1) is 11.7 Å². The Morgan fingerprint density at radius 3 is 2.53 bits per heavy atom. The van der Waals surface area contributed by atoms with E-state index in [1.807, 2.05) is 0 Å². The highest BCUT2D eigenvalue weighted by atomic mass is 19.1. The predicted octanol–water partition coefficient (Wildman–Crippen LogP) is 1.90. The summed E-state index contributed by atoms with van der Waals surface area (Å²) in [6, 6.07) is 4.56. The van der Waals surface area contributed by atoms with Crippen LogP contribution in [0.25, 0.3) is 0 Å². The Labute approximate surface area is 110 Å². The zero-order valence-electron chi connectivity index (χ0n) is 10.7. The molecular formula is C14H16FNO3. The minimum absolute atomic E-state index is 0.325. The number of nitrogens with one attached hydrogen (secondary N) is 1. The monoisotopic (exact) mass is 265 g/mol. The van der Waals surface area contributed by atoms with Gasteiger partial charge in [0.15, 0.2) is 0 Å². The van der Waals surface area contributed by atoms with Gasteiger partial charge in [0.05, 0.1) is 7.11 Å². The van der Waals surface area contributed by atoms with Gasteiger partial charge in [-0.15, -0.1) is 0 Å². The standard InChI is InChI=1S/C14H16FNO3/c1-19-14(18)12(8-9-2-3-9)16-13(17)10-4-6-11(15)7-5-10/h4-7,9,12H,2-3,8H2,1H3,(H,16,17)/t12-/m1/s1. The van der Waals surface area contributed by atoms with E-state index < -0.39 is 23.7 Å². The van der Waals surface area contributed by atoms with Crippen LogP contribution in [0.3, 0.4) is 0 Å². The summed E-state index contributed by atoms with van der Waals surface area (Å²) in [6.45, 7) is 0. The smallest absolute Gasteiger partial charge is 0.328 e. The van der Waals surface area contributed by atoms with Crippen LogP contribution >= 0.6 is 0 Å². The molecule has 0 heterocycles. The molecule has 1 amide bonds. The van der Waals surface area contributed by atoms with E-state index in [9.17, 15) is 14.0 Å². The number of ether oxygens (including phenoxy) is 1. The Kier molecular flexibility index (Phi) is 4.14. The van der Waals surface area contributed by atoms with Gasteiger partial charge in [0, 0.05) is 5.56 Å². The third-order valence-electron chi connectivity index (χ3n) is 3.16. The Hall–Kier alpha value is -1.91. The van der Waals surface area contributed by atoms with Crippen LogP contribution in [0.15, 0.2) is 24.3 Å². The van der Waals surface area contributed by atoms with Gasteiger partial charge in [-0.3, -0.25) is 4.79 Å². The van der Waals surface area contributed by atoms with Gasteiger partial charge in [-0.1, -0.05) is 12.8 Å². The van der Waals surface area contributed by atoms with Gasteiger partial charge in [0.1, 0.15) is 11.9 Å². The van der Waals surface area contributed by atoms with Crippen LogP contribution in [0.2, 0.25) is 0 Å². The molecule has 1 aromatic carbocycles. The molecule has 0 saturated heterocycles. The first-order valence-corrected chi connectivity index (χ1v) is 6.24. The van der Waals surface area contributed by atoms with Crippen molar-refractivity contribution in [3.63, 3.8) is 0 Å². The average Bonchev–Trinajstić information content (AvgIpc) is 3.21. The van der Waals surface area contributed by atoms with Crippen LogP contribution in [0.4, 0.5) is 4.39 Å². The summed E-state index contributed by atoms with van der Waals surface area (Å²) < 4.78 is 17.5. The van der Waals surface area contributed by atoms with E-state index in [2.05, 4.69) is 10.1 Å². The lowest BCUT2D eigenvalue weighted by Crippen LogP contribution is -2.41. The van der Waals surface area contributed by atoms with Crippen molar-refractivity contribution in [2.45, 2.75) is 25.3 Å². The van der Waals surface area contributed by atoms with Crippen molar-refractivity contribution < 1.29 is 18.7 Å². The molecule has 5 heteroatoms. The summed E-state index contributed by atoms with van der Waals surface area (Å²) in [4.78, 5) is 23.5. The fourth-order valence-corrected chi connectivity index (χ4v) is 1.89. The van der Waals surface area contributed by atoms with Crippen LogP contribution in [-0.4, -0.2) is 25.0 Å². The van der Waals surface area contributed by atoms with Crippen molar-refractivity contribution in [1.29, 1.82) is 0 Å². The molecule has 1 fully saturated rings. The van der Waals surface area contributed by atoms with E-state index in [4.69, 9.17) is 0 Å². The number of amides is 1. The van der Waals surface area contributed by atoms with E-state index in [-0.39, 0.29) is 0 Å². The maximum absolute atomic E-state index is 12.8. The topological polar surface area (TPSA) is 55.4 Å². The molecule has 102 valence electrons. The fraction of sp³-hybridized carbons (Fsp3) is 0.429. The molecule has 2 rings (SSSR count). The Morgan fingerprint density at radius 2 is 2.00 bits per heavy atom. The van der Waals surface area contributed by atoms with E-state index in [0.717, 1.165) is 12.8 Å². The first-order valence-electron chi connectivity index (χ1n) is 6.24. The number of methoxy groups -OCH3 is 1. The molecule has 1 N–H and O–H groups in total. The number of carbonyl (C=O) groups is 2. The molecule has 1 aromatic rings. The van der Waals surface area contributed by atoms with Gasteiger partial charge in [0.25, 0.3) is 5.91 Å². The summed E-state index contributed by atoms with van der Waals surface area (Å²) in [5, 5.41) is 2.64. The molecule has 0 aromatic heterocycles. The second kappa shape index (κ2) is 5.82. The van der Waals surface area contributed by atoms with Crippen molar-refractivity contribution in [1.82, 2.24) is 5.32 Å². The zero-order chi connectivity index (χ0) is 13.8. The highest BCUT2D eigenvalue weighted by Gasteiger charge is 2.31. The molecule has 4 nitrogen and oxygen atoms in total. The third-order valence-corrected chi connectivity index (χ3v) is 3.16. The summed E-state index contributed by atoms with van der Waals surface area (Å²) in [5.74, 6) is -0.755. The molecule has 0 bridgehead atoms. The van der Waals surface area contributed by atoms with Crippen LogP contribution < -0.4 is 5.32 Å². The summed E-state index contributed by atoms with van der Waals surface area (Å²) >= 11 is 0. The lowest BCUT2D eigenvalue weighted by atomic mass is 10.1. The molecule has 1 aliphatic rings. The van der Waals surface area contributed by atoms with Gasteiger partial charge in [0.2, 0.25) is 0 Å². The molecule has 19 heavy (non-hydrogen) atoms. The minimum Gasteiger partial charge on any atom is -0.467 e. The maximum Gasteiger partial charge on any atom is 0.328 e. The third kappa shape index (κ3) is 3.77. The molecule has 0 aliphatic heterocycles. The summed E-state index contributed by atoms with van der Waals surface area (Å²) in [7, 11) is 1.30. The Bertz CT molecular complexity index is 468. The molecule has 1 atom stereocenters. The quantitative estimate of drug-likeness (QED) is 0.827. The molecule has 0 radical (unpaired) electrons. The number of halogens is 1. The maximum atomic E-state index is 12.8. The van der Waals surface area contributed by atoms with E-state index in [0.29, 0.717) is 17.9 Å². The van der Waals surface area contributed by atoms with Gasteiger partial charge in [-0.2, -0.15) is 0 Å². The van der Waals surface area contributed by atoms with E-state index >= 15 is 0 Å². The number of esters is 1. The molecule has 0 unspecified atom stereocenters. The molecular weight excluding hydrogens is 249 g/mol. The predicted molar refractivity (Wildman–Crippen MR) is 67.0 cm³/mol. The second-order valence-corrected chi connectivity index (χ2v) is 4.74. The first kappa shape index (κ1) is 13.5. The van der Waals surface area contributed by atoms with Crippen molar-refractivity contribution in [3.05, 3.63) is 35.6 Å². The van der Waals surface area contributed by atoms with Crippen LogP contribution in [-0.2, 0) is 9.53 Å². The van der Waals surface area contributed by atoms with Gasteiger partial charge in [-0.25, -0.2) is 9.18 Å². The van der Waals surface area contributed by atoms with Gasteiger partial charge in [-0.05, 0) is 36.6 Å².